The second-order valence-corrected chi connectivity index (χ2v) is 8.83. The van der Waals surface area contributed by atoms with Crippen LogP contribution in [0.4, 0.5) is 4.79 Å². The van der Waals surface area contributed by atoms with Gasteiger partial charge in [0.1, 0.15) is 12.6 Å². The van der Waals surface area contributed by atoms with Crippen LogP contribution in [0.25, 0.3) is 11.1 Å². The molecule has 1 aliphatic carbocycles. The molecule has 4 rings (SSSR count). The number of benzene rings is 3. The van der Waals surface area contributed by atoms with Crippen LogP contribution in [0.2, 0.25) is 0 Å². The van der Waals surface area contributed by atoms with Crippen molar-refractivity contribution in [1.29, 1.82) is 0 Å². The standard InChI is InChI=1S/C29H30N2O5/c32-25(17-5-2-10-18-30-29(35)36-19-20-11-3-1-4-12-20)31-27(28(33)34)26-23-15-8-6-13-21(23)22-14-7-9-16-24(22)26/h1,3-4,6-9,11-16,26-27H,2,5,10,17-19H2,(H,30,35)(H,31,32)(H,33,34)/t27-/m1/s1. The molecule has 3 aromatic carbocycles. The summed E-state index contributed by atoms with van der Waals surface area (Å²) in [5.41, 5.74) is 4.76. The Labute approximate surface area is 210 Å². The van der Waals surface area contributed by atoms with Gasteiger partial charge in [-0.3, -0.25) is 4.79 Å². The van der Waals surface area contributed by atoms with Crippen LogP contribution >= 0.6 is 0 Å². The zero-order valence-corrected chi connectivity index (χ0v) is 20.0. The molecule has 0 unspecified atom stereocenters. The summed E-state index contributed by atoms with van der Waals surface area (Å²) in [5.74, 6) is -1.79. The summed E-state index contributed by atoms with van der Waals surface area (Å²) in [4.78, 5) is 36.6. The van der Waals surface area contributed by atoms with Crippen LogP contribution < -0.4 is 10.6 Å². The summed E-state index contributed by atoms with van der Waals surface area (Å²) >= 11 is 0. The highest BCUT2D eigenvalue weighted by atomic mass is 16.5. The van der Waals surface area contributed by atoms with Gasteiger partial charge in [0.15, 0.2) is 0 Å². The summed E-state index contributed by atoms with van der Waals surface area (Å²) < 4.78 is 5.17. The highest BCUT2D eigenvalue weighted by Gasteiger charge is 2.38. The van der Waals surface area contributed by atoms with Crippen molar-refractivity contribution >= 4 is 18.0 Å². The van der Waals surface area contributed by atoms with Crippen LogP contribution in [0.3, 0.4) is 0 Å². The molecule has 0 spiro atoms. The van der Waals surface area contributed by atoms with Gasteiger partial charge in [-0.25, -0.2) is 9.59 Å². The molecule has 0 bridgehead atoms. The number of ether oxygens (including phenoxy) is 1. The van der Waals surface area contributed by atoms with Crippen molar-refractivity contribution < 1.29 is 24.2 Å². The Bertz CT molecular complexity index is 1170. The Morgan fingerprint density at radius 2 is 1.42 bits per heavy atom. The second kappa shape index (κ2) is 12.0. The van der Waals surface area contributed by atoms with Crippen molar-refractivity contribution in [3.63, 3.8) is 0 Å². The Morgan fingerprint density at radius 3 is 2.06 bits per heavy atom. The Hall–Kier alpha value is -4.13. The molecule has 36 heavy (non-hydrogen) atoms. The van der Waals surface area contributed by atoms with Crippen LogP contribution in [0.5, 0.6) is 0 Å². The molecule has 186 valence electrons. The average molecular weight is 487 g/mol. The monoisotopic (exact) mass is 486 g/mol. The van der Waals surface area contributed by atoms with E-state index in [1.165, 1.54) is 0 Å². The molecule has 0 heterocycles. The number of unbranched alkanes of at least 4 members (excludes halogenated alkanes) is 2. The van der Waals surface area contributed by atoms with Gasteiger partial charge >= 0.3 is 12.1 Å². The van der Waals surface area contributed by atoms with E-state index in [1.807, 2.05) is 78.9 Å². The van der Waals surface area contributed by atoms with E-state index in [4.69, 9.17) is 4.74 Å². The van der Waals surface area contributed by atoms with E-state index in [0.717, 1.165) is 34.2 Å². The zero-order valence-electron chi connectivity index (χ0n) is 20.0. The van der Waals surface area contributed by atoms with E-state index in [9.17, 15) is 19.5 Å². The van der Waals surface area contributed by atoms with Crippen molar-refractivity contribution in [2.75, 3.05) is 6.54 Å². The van der Waals surface area contributed by atoms with E-state index >= 15 is 0 Å². The first-order chi connectivity index (χ1) is 17.5. The Balaban J connectivity index is 1.22. The number of carbonyl (C=O) groups excluding carboxylic acids is 2. The number of carboxylic acids is 1. The number of aliphatic carboxylic acids is 1. The van der Waals surface area contributed by atoms with E-state index in [1.54, 1.807) is 0 Å². The third-order valence-electron chi connectivity index (χ3n) is 6.36. The van der Waals surface area contributed by atoms with Crippen LogP contribution in [0, 0.1) is 0 Å². The third-order valence-corrected chi connectivity index (χ3v) is 6.36. The number of nitrogens with one attached hydrogen (secondary N) is 2. The largest absolute Gasteiger partial charge is 0.480 e. The number of carbonyl (C=O) groups is 3. The highest BCUT2D eigenvalue weighted by molar-refractivity contribution is 5.88. The summed E-state index contributed by atoms with van der Waals surface area (Å²) in [7, 11) is 0. The van der Waals surface area contributed by atoms with Gasteiger partial charge in [-0.1, -0.05) is 85.3 Å². The van der Waals surface area contributed by atoms with E-state index < -0.39 is 24.0 Å². The lowest BCUT2D eigenvalue weighted by molar-refractivity contribution is -0.142. The van der Waals surface area contributed by atoms with Crippen molar-refractivity contribution in [3.8, 4) is 11.1 Å². The van der Waals surface area contributed by atoms with Crippen molar-refractivity contribution in [2.24, 2.45) is 0 Å². The molecule has 0 saturated carbocycles. The van der Waals surface area contributed by atoms with Gasteiger partial charge in [0.2, 0.25) is 5.91 Å². The molecule has 0 aromatic heterocycles. The fraction of sp³-hybridized carbons (Fsp3) is 0.276. The van der Waals surface area contributed by atoms with Gasteiger partial charge in [0, 0.05) is 18.9 Å². The molecule has 3 aromatic rings. The van der Waals surface area contributed by atoms with Crippen molar-refractivity contribution in [3.05, 3.63) is 95.6 Å². The topological polar surface area (TPSA) is 105 Å². The lowest BCUT2D eigenvalue weighted by Gasteiger charge is -2.23. The molecule has 1 aliphatic rings. The number of alkyl carbamates (subject to hydrolysis) is 1. The van der Waals surface area contributed by atoms with Gasteiger partial charge in [-0.05, 0) is 40.7 Å². The average Bonchev–Trinajstić information content (AvgIpc) is 3.23. The number of hydrogen-bond acceptors (Lipinski definition) is 4. The molecule has 0 fully saturated rings. The third kappa shape index (κ3) is 6.10. The lowest BCUT2D eigenvalue weighted by Crippen LogP contribution is -2.44. The molecular weight excluding hydrogens is 456 g/mol. The van der Waals surface area contributed by atoms with Gasteiger partial charge < -0.3 is 20.5 Å². The fourth-order valence-corrected chi connectivity index (χ4v) is 4.64. The zero-order chi connectivity index (χ0) is 25.3. The molecular formula is C29H30N2O5. The smallest absolute Gasteiger partial charge is 0.407 e. The van der Waals surface area contributed by atoms with Gasteiger partial charge in [-0.15, -0.1) is 0 Å². The van der Waals surface area contributed by atoms with Crippen LogP contribution in [-0.2, 0) is 20.9 Å². The lowest BCUT2D eigenvalue weighted by atomic mass is 9.89. The number of fused-ring (bicyclic) bond motifs is 3. The number of rotatable bonds is 11. The second-order valence-electron chi connectivity index (χ2n) is 8.83. The predicted octanol–water partition coefficient (Wildman–Crippen LogP) is 4.86. The Morgan fingerprint density at radius 1 is 0.806 bits per heavy atom. The van der Waals surface area contributed by atoms with Crippen LogP contribution in [0.1, 0.15) is 48.3 Å². The number of carboxylic acid groups (broad SMARTS) is 1. The predicted molar refractivity (Wildman–Crippen MR) is 136 cm³/mol. The van der Waals surface area contributed by atoms with Gasteiger partial charge in [0.25, 0.3) is 0 Å². The van der Waals surface area contributed by atoms with E-state index in [-0.39, 0.29) is 18.9 Å². The normalized spacial score (nSPS) is 12.8. The summed E-state index contributed by atoms with van der Waals surface area (Å²) in [6, 6.07) is 23.9. The number of hydrogen-bond donors (Lipinski definition) is 3. The van der Waals surface area contributed by atoms with E-state index in [2.05, 4.69) is 10.6 Å². The summed E-state index contributed by atoms with van der Waals surface area (Å²) in [6.45, 7) is 0.663. The quantitative estimate of drug-likeness (QED) is 0.336. The van der Waals surface area contributed by atoms with Crippen molar-refractivity contribution in [2.45, 2.75) is 44.2 Å². The fourth-order valence-electron chi connectivity index (χ4n) is 4.64. The Kier molecular flexibility index (Phi) is 8.34. The molecule has 1 atom stereocenters. The minimum absolute atomic E-state index is 0.216. The summed E-state index contributed by atoms with van der Waals surface area (Å²) in [5, 5.41) is 15.4. The van der Waals surface area contributed by atoms with E-state index in [0.29, 0.717) is 19.4 Å². The maximum atomic E-state index is 12.6. The highest BCUT2D eigenvalue weighted by Crippen LogP contribution is 2.46. The maximum Gasteiger partial charge on any atom is 0.407 e. The first-order valence-corrected chi connectivity index (χ1v) is 12.2. The van der Waals surface area contributed by atoms with Gasteiger partial charge in [-0.2, -0.15) is 0 Å². The first-order valence-electron chi connectivity index (χ1n) is 12.2. The summed E-state index contributed by atoms with van der Waals surface area (Å²) in [6.07, 6.45) is 1.76. The van der Waals surface area contributed by atoms with Gasteiger partial charge in [0.05, 0.1) is 0 Å². The first kappa shape index (κ1) is 25.0. The molecule has 2 amide bonds. The van der Waals surface area contributed by atoms with Crippen molar-refractivity contribution in [1.82, 2.24) is 10.6 Å². The minimum atomic E-state index is -1.06. The molecule has 0 radical (unpaired) electrons. The SMILES string of the molecule is O=C(CCCCCNC(=O)OCc1ccccc1)N[C@@H](C(=O)O)C1c2ccccc2-c2ccccc21. The van der Waals surface area contributed by atoms with Crippen LogP contribution in [0.15, 0.2) is 78.9 Å². The van der Waals surface area contributed by atoms with Crippen LogP contribution in [-0.4, -0.2) is 35.7 Å². The maximum absolute atomic E-state index is 12.6. The number of amides is 2. The molecule has 3 N–H and O–H groups in total. The molecule has 7 nitrogen and oxygen atoms in total. The molecule has 0 aliphatic heterocycles. The minimum Gasteiger partial charge on any atom is -0.480 e. The molecule has 7 heteroatoms. The molecule has 0 saturated heterocycles.